The topological polar surface area (TPSA) is 58.3 Å². The third kappa shape index (κ3) is 3.61. The Morgan fingerprint density at radius 1 is 1.17 bits per heavy atom. The number of tetrazole rings is 1. The van der Waals surface area contributed by atoms with Crippen LogP contribution in [0.4, 0.5) is 5.69 Å². The molecule has 0 radical (unpaired) electrons. The predicted molar refractivity (Wildman–Crippen MR) is 124 cm³/mol. The summed E-state index contributed by atoms with van der Waals surface area (Å²) in [4.78, 5) is 2.27. The number of fused-ring (bicyclic) bond motifs is 3. The number of nitrogens with one attached hydrogen (secondary N) is 1. The molecule has 1 fully saturated rings. The van der Waals surface area contributed by atoms with E-state index in [1.165, 1.54) is 11.1 Å². The Bertz CT molecular complexity index is 1230. The molecule has 6 nitrogen and oxygen atoms in total. The SMILES string of the molecule is CCc1ccc2c(c1)cc(CN(C(=S)Nc1ccc(C)cc1)C1CC1)c1nnnn12. The molecular weight excluding hydrogens is 392 g/mol. The summed E-state index contributed by atoms with van der Waals surface area (Å²) in [6.45, 7) is 4.93. The minimum absolute atomic E-state index is 0.462. The number of hydrogen-bond acceptors (Lipinski definition) is 4. The summed E-state index contributed by atoms with van der Waals surface area (Å²) in [7, 11) is 0. The van der Waals surface area contributed by atoms with Gasteiger partial charge in [0.2, 0.25) is 0 Å². The lowest BCUT2D eigenvalue weighted by molar-refractivity contribution is 0.410. The highest BCUT2D eigenvalue weighted by Gasteiger charge is 2.31. The van der Waals surface area contributed by atoms with E-state index in [4.69, 9.17) is 12.2 Å². The van der Waals surface area contributed by atoms with Crippen LogP contribution >= 0.6 is 12.2 Å². The van der Waals surface area contributed by atoms with E-state index in [-0.39, 0.29) is 0 Å². The normalized spacial score (nSPS) is 13.7. The molecule has 7 heteroatoms. The van der Waals surface area contributed by atoms with Gasteiger partial charge in [0.25, 0.3) is 0 Å². The third-order valence-electron chi connectivity index (χ3n) is 5.71. The van der Waals surface area contributed by atoms with Crippen LogP contribution in [0.25, 0.3) is 16.6 Å². The summed E-state index contributed by atoms with van der Waals surface area (Å²) in [5, 5.41) is 17.8. The van der Waals surface area contributed by atoms with Gasteiger partial charge in [-0.2, -0.15) is 4.52 Å². The zero-order valence-corrected chi connectivity index (χ0v) is 18.0. The fraction of sp³-hybridized carbons (Fsp3) is 0.304. The zero-order valence-electron chi connectivity index (χ0n) is 17.2. The average molecular weight is 417 g/mol. The standard InChI is InChI=1S/C23H24N6S/c1-3-16-6-11-21-17(12-16)13-18(22-25-26-27-29(21)22)14-28(20-9-10-20)23(30)24-19-7-4-15(2)5-8-19/h4-8,11-13,20H,3,9-10,14H2,1-2H3,(H,24,30). The molecule has 0 saturated heterocycles. The zero-order chi connectivity index (χ0) is 20.7. The Labute approximate surface area is 180 Å². The molecule has 1 N–H and O–H groups in total. The summed E-state index contributed by atoms with van der Waals surface area (Å²) in [5.74, 6) is 0. The number of rotatable bonds is 5. The van der Waals surface area contributed by atoms with Crippen molar-refractivity contribution in [2.24, 2.45) is 0 Å². The summed E-state index contributed by atoms with van der Waals surface area (Å²) in [6, 6.07) is 17.5. The van der Waals surface area contributed by atoms with E-state index in [2.05, 4.69) is 88.1 Å². The number of anilines is 1. The van der Waals surface area contributed by atoms with Crippen molar-refractivity contribution in [1.29, 1.82) is 0 Å². The van der Waals surface area contributed by atoms with Crippen LogP contribution < -0.4 is 5.32 Å². The van der Waals surface area contributed by atoms with Crippen molar-refractivity contribution >= 4 is 39.6 Å². The highest BCUT2D eigenvalue weighted by atomic mass is 32.1. The Morgan fingerprint density at radius 2 is 1.97 bits per heavy atom. The molecule has 4 aromatic rings. The van der Waals surface area contributed by atoms with Crippen molar-refractivity contribution in [2.45, 2.75) is 45.7 Å². The van der Waals surface area contributed by atoms with Crippen molar-refractivity contribution in [3.8, 4) is 0 Å². The molecule has 1 aliphatic carbocycles. The lowest BCUT2D eigenvalue weighted by atomic mass is 10.1. The maximum atomic E-state index is 5.80. The molecule has 2 heterocycles. The molecule has 0 bridgehead atoms. The first-order valence-electron chi connectivity index (χ1n) is 10.4. The molecule has 30 heavy (non-hydrogen) atoms. The number of pyridine rings is 1. The molecule has 1 saturated carbocycles. The molecule has 0 spiro atoms. The van der Waals surface area contributed by atoms with Crippen LogP contribution in [-0.2, 0) is 13.0 Å². The Morgan fingerprint density at radius 3 is 2.70 bits per heavy atom. The molecule has 2 aromatic carbocycles. The summed E-state index contributed by atoms with van der Waals surface area (Å²) in [6.07, 6.45) is 3.31. The van der Waals surface area contributed by atoms with Gasteiger partial charge in [0, 0.05) is 29.2 Å². The van der Waals surface area contributed by atoms with E-state index in [0.717, 1.165) is 52.2 Å². The Kier molecular flexibility index (Phi) is 4.83. The number of aromatic nitrogens is 4. The van der Waals surface area contributed by atoms with Crippen LogP contribution in [-0.4, -0.2) is 36.1 Å². The monoisotopic (exact) mass is 416 g/mol. The molecule has 0 atom stereocenters. The smallest absolute Gasteiger partial charge is 0.184 e. The molecule has 152 valence electrons. The van der Waals surface area contributed by atoms with Crippen LogP contribution in [0.5, 0.6) is 0 Å². The van der Waals surface area contributed by atoms with Gasteiger partial charge in [-0.05, 0) is 84.7 Å². The fourth-order valence-electron chi connectivity index (χ4n) is 3.82. The lowest BCUT2D eigenvalue weighted by Crippen LogP contribution is -2.36. The number of nitrogens with zero attached hydrogens (tertiary/aromatic N) is 5. The first-order chi connectivity index (χ1) is 14.6. The molecule has 0 unspecified atom stereocenters. The van der Waals surface area contributed by atoms with Crippen molar-refractivity contribution in [1.82, 2.24) is 24.9 Å². The lowest BCUT2D eigenvalue weighted by Gasteiger charge is -2.26. The first-order valence-corrected chi connectivity index (χ1v) is 10.8. The molecule has 1 aliphatic rings. The summed E-state index contributed by atoms with van der Waals surface area (Å²) < 4.78 is 1.84. The number of aryl methyl sites for hydroxylation is 2. The van der Waals surface area contributed by atoms with Crippen LogP contribution in [0.3, 0.4) is 0 Å². The van der Waals surface area contributed by atoms with Gasteiger partial charge in [0.05, 0.1) is 5.52 Å². The van der Waals surface area contributed by atoms with Gasteiger partial charge in [-0.15, -0.1) is 5.10 Å². The van der Waals surface area contributed by atoms with E-state index in [1.54, 1.807) is 0 Å². The Balaban J connectivity index is 1.49. The van der Waals surface area contributed by atoms with E-state index in [9.17, 15) is 0 Å². The Hall–Kier alpha value is -3.06. The molecular formula is C23H24N6S. The van der Waals surface area contributed by atoms with Crippen LogP contribution in [0, 0.1) is 6.92 Å². The maximum Gasteiger partial charge on any atom is 0.184 e. The van der Waals surface area contributed by atoms with E-state index in [0.29, 0.717) is 12.6 Å². The summed E-state index contributed by atoms with van der Waals surface area (Å²) >= 11 is 5.80. The van der Waals surface area contributed by atoms with E-state index < -0.39 is 0 Å². The largest absolute Gasteiger partial charge is 0.342 e. The minimum Gasteiger partial charge on any atom is -0.342 e. The van der Waals surface area contributed by atoms with Gasteiger partial charge in [0.15, 0.2) is 10.8 Å². The van der Waals surface area contributed by atoms with Crippen molar-refractivity contribution in [3.63, 3.8) is 0 Å². The average Bonchev–Trinajstić information content (AvgIpc) is 3.47. The van der Waals surface area contributed by atoms with Gasteiger partial charge in [-0.25, -0.2) is 0 Å². The second-order valence-corrected chi connectivity index (χ2v) is 8.37. The van der Waals surface area contributed by atoms with E-state index >= 15 is 0 Å². The molecule has 2 aromatic heterocycles. The molecule has 5 rings (SSSR count). The highest BCUT2D eigenvalue weighted by molar-refractivity contribution is 7.80. The number of hydrogen-bond donors (Lipinski definition) is 1. The quantitative estimate of drug-likeness (QED) is 0.483. The van der Waals surface area contributed by atoms with Crippen molar-refractivity contribution in [3.05, 3.63) is 65.2 Å². The fourth-order valence-corrected chi connectivity index (χ4v) is 4.15. The first kappa shape index (κ1) is 18.9. The highest BCUT2D eigenvalue weighted by Crippen LogP contribution is 2.31. The second kappa shape index (κ2) is 7.65. The number of benzene rings is 2. The third-order valence-corrected chi connectivity index (χ3v) is 6.04. The van der Waals surface area contributed by atoms with Gasteiger partial charge < -0.3 is 10.2 Å². The van der Waals surface area contributed by atoms with Crippen molar-refractivity contribution < 1.29 is 0 Å². The van der Waals surface area contributed by atoms with Gasteiger partial charge in [-0.3, -0.25) is 0 Å². The van der Waals surface area contributed by atoms with Gasteiger partial charge >= 0.3 is 0 Å². The van der Waals surface area contributed by atoms with Gasteiger partial charge in [0.1, 0.15) is 0 Å². The second-order valence-electron chi connectivity index (χ2n) is 7.99. The van der Waals surface area contributed by atoms with Gasteiger partial charge in [-0.1, -0.05) is 30.7 Å². The van der Waals surface area contributed by atoms with Crippen LogP contribution in [0.1, 0.15) is 36.5 Å². The maximum absolute atomic E-state index is 5.80. The number of thiocarbonyl (C=S) groups is 1. The molecule has 0 amide bonds. The van der Waals surface area contributed by atoms with E-state index in [1.807, 2.05) is 4.52 Å². The minimum atomic E-state index is 0.462. The van der Waals surface area contributed by atoms with Crippen LogP contribution in [0.15, 0.2) is 48.5 Å². The van der Waals surface area contributed by atoms with Crippen LogP contribution in [0.2, 0.25) is 0 Å². The van der Waals surface area contributed by atoms with Crippen molar-refractivity contribution in [2.75, 3.05) is 5.32 Å². The predicted octanol–water partition coefficient (Wildman–Crippen LogP) is 4.51. The summed E-state index contributed by atoms with van der Waals surface area (Å²) in [5.41, 5.74) is 6.44. The molecule has 0 aliphatic heterocycles.